The van der Waals surface area contributed by atoms with Crippen LogP contribution in [0.25, 0.3) is 11.0 Å². The molecule has 7 nitrogen and oxygen atoms in total. The molecule has 0 aliphatic carbocycles. The van der Waals surface area contributed by atoms with E-state index in [9.17, 15) is 18.8 Å². The third kappa shape index (κ3) is 6.53. The molecule has 1 N–H and O–H groups in total. The Kier molecular flexibility index (Phi) is 8.33. The number of rotatable bonds is 9. The summed E-state index contributed by atoms with van der Waals surface area (Å²) in [6, 6.07) is 19.5. The summed E-state index contributed by atoms with van der Waals surface area (Å²) in [6.07, 6.45) is 2.88. The SMILES string of the molecule is C=CCN(CC(=O)N(Cc1ccc(F)cc1)Cc1coc2ccccc2c1=O)C(=O)Nc1ccc(C)cc1. The van der Waals surface area contributed by atoms with Gasteiger partial charge >= 0.3 is 6.03 Å². The first kappa shape index (κ1) is 26.3. The van der Waals surface area contributed by atoms with Crippen molar-refractivity contribution in [3.63, 3.8) is 0 Å². The van der Waals surface area contributed by atoms with Crippen molar-refractivity contribution in [1.82, 2.24) is 9.80 Å². The van der Waals surface area contributed by atoms with E-state index in [1.54, 1.807) is 48.5 Å². The molecule has 0 aliphatic heterocycles. The monoisotopic (exact) mass is 513 g/mol. The van der Waals surface area contributed by atoms with Gasteiger partial charge in [0.25, 0.3) is 0 Å². The number of carbonyl (C=O) groups is 2. The van der Waals surface area contributed by atoms with Gasteiger partial charge in [0.2, 0.25) is 5.91 Å². The van der Waals surface area contributed by atoms with E-state index in [0.717, 1.165) is 5.56 Å². The van der Waals surface area contributed by atoms with Crippen LogP contribution in [-0.2, 0) is 17.9 Å². The predicted octanol–water partition coefficient (Wildman–Crippen LogP) is 5.49. The third-order valence-corrected chi connectivity index (χ3v) is 6.02. The molecule has 194 valence electrons. The molecule has 0 saturated carbocycles. The second-order valence-corrected chi connectivity index (χ2v) is 8.93. The first-order chi connectivity index (χ1) is 18.3. The van der Waals surface area contributed by atoms with E-state index in [2.05, 4.69) is 11.9 Å². The highest BCUT2D eigenvalue weighted by Crippen LogP contribution is 2.15. The van der Waals surface area contributed by atoms with E-state index < -0.39 is 17.8 Å². The Hall–Kier alpha value is -4.72. The first-order valence-corrected chi connectivity index (χ1v) is 12.1. The van der Waals surface area contributed by atoms with Gasteiger partial charge in [-0.05, 0) is 48.9 Å². The van der Waals surface area contributed by atoms with Gasteiger partial charge in [0.05, 0.1) is 23.8 Å². The van der Waals surface area contributed by atoms with E-state index in [1.807, 2.05) is 19.1 Å². The number of hydrogen-bond donors (Lipinski definition) is 1. The molecule has 1 heterocycles. The average Bonchev–Trinajstić information content (AvgIpc) is 2.92. The van der Waals surface area contributed by atoms with E-state index in [0.29, 0.717) is 27.8 Å². The highest BCUT2D eigenvalue weighted by atomic mass is 19.1. The summed E-state index contributed by atoms with van der Waals surface area (Å²) < 4.78 is 19.1. The maximum atomic E-state index is 13.5. The third-order valence-electron chi connectivity index (χ3n) is 6.02. The number of hydrogen-bond acceptors (Lipinski definition) is 4. The number of para-hydroxylation sites is 1. The molecule has 4 rings (SSSR count). The van der Waals surface area contributed by atoms with Gasteiger partial charge in [0, 0.05) is 18.8 Å². The fourth-order valence-electron chi connectivity index (χ4n) is 3.95. The Balaban J connectivity index is 1.58. The summed E-state index contributed by atoms with van der Waals surface area (Å²) in [7, 11) is 0. The minimum absolute atomic E-state index is 0.0507. The molecule has 0 atom stereocenters. The number of urea groups is 1. The minimum Gasteiger partial charge on any atom is -0.464 e. The number of benzene rings is 3. The van der Waals surface area contributed by atoms with Crippen molar-refractivity contribution in [3.8, 4) is 0 Å². The number of halogens is 1. The molecule has 0 radical (unpaired) electrons. The first-order valence-electron chi connectivity index (χ1n) is 12.1. The zero-order valence-corrected chi connectivity index (χ0v) is 21.0. The molecule has 3 aromatic carbocycles. The number of nitrogens with zero attached hydrogens (tertiary/aromatic N) is 2. The molecule has 0 aliphatic rings. The average molecular weight is 514 g/mol. The Bertz CT molecular complexity index is 1500. The second kappa shape index (κ2) is 12.0. The molecule has 4 aromatic rings. The zero-order valence-electron chi connectivity index (χ0n) is 21.0. The van der Waals surface area contributed by atoms with E-state index in [1.165, 1.54) is 34.3 Å². The van der Waals surface area contributed by atoms with Crippen LogP contribution in [0.3, 0.4) is 0 Å². The number of fused-ring (bicyclic) bond motifs is 1. The normalized spacial score (nSPS) is 10.7. The lowest BCUT2D eigenvalue weighted by atomic mass is 10.1. The fraction of sp³-hybridized carbons (Fsp3) is 0.167. The smallest absolute Gasteiger partial charge is 0.322 e. The molecule has 3 amide bonds. The highest BCUT2D eigenvalue weighted by Gasteiger charge is 2.23. The van der Waals surface area contributed by atoms with Crippen LogP contribution < -0.4 is 10.7 Å². The van der Waals surface area contributed by atoms with Crippen molar-refractivity contribution >= 4 is 28.6 Å². The fourth-order valence-corrected chi connectivity index (χ4v) is 3.95. The van der Waals surface area contributed by atoms with Crippen molar-refractivity contribution < 1.29 is 18.4 Å². The molecular weight excluding hydrogens is 485 g/mol. The van der Waals surface area contributed by atoms with E-state index in [-0.39, 0.29) is 31.6 Å². The number of nitrogens with one attached hydrogen (secondary N) is 1. The molecule has 0 fully saturated rings. The van der Waals surface area contributed by atoms with Crippen LogP contribution >= 0.6 is 0 Å². The minimum atomic E-state index is -0.464. The van der Waals surface area contributed by atoms with Gasteiger partial charge in [0.1, 0.15) is 17.9 Å². The lowest BCUT2D eigenvalue weighted by Gasteiger charge is -2.27. The molecule has 0 bridgehead atoms. The summed E-state index contributed by atoms with van der Waals surface area (Å²) in [5.74, 6) is -0.797. The van der Waals surface area contributed by atoms with Crippen LogP contribution in [0.4, 0.5) is 14.9 Å². The van der Waals surface area contributed by atoms with Gasteiger partial charge < -0.3 is 19.5 Å². The van der Waals surface area contributed by atoms with Crippen LogP contribution in [0.1, 0.15) is 16.7 Å². The number of amides is 3. The second-order valence-electron chi connectivity index (χ2n) is 8.93. The van der Waals surface area contributed by atoms with Gasteiger partial charge in [-0.25, -0.2) is 9.18 Å². The van der Waals surface area contributed by atoms with Gasteiger partial charge in [-0.2, -0.15) is 0 Å². The van der Waals surface area contributed by atoms with Gasteiger partial charge in [-0.1, -0.05) is 48.0 Å². The van der Waals surface area contributed by atoms with Gasteiger partial charge in [0.15, 0.2) is 5.43 Å². The molecule has 1 aromatic heterocycles. The van der Waals surface area contributed by atoms with Crippen LogP contribution in [0.15, 0.2) is 101 Å². The standard InChI is InChI=1S/C30H28FN3O4/c1-3-16-33(30(37)32-25-14-8-21(2)9-15-25)19-28(35)34(17-22-10-12-24(31)13-11-22)18-23-20-38-27-7-5-4-6-26(27)29(23)36/h3-15,20H,1,16-19H2,2H3,(H,32,37). The summed E-state index contributed by atoms with van der Waals surface area (Å²) in [5.41, 5.74) is 2.81. The Morgan fingerprint density at radius 1 is 0.974 bits per heavy atom. The molecule has 0 saturated heterocycles. The van der Waals surface area contributed by atoms with Gasteiger partial charge in [-0.15, -0.1) is 6.58 Å². The van der Waals surface area contributed by atoms with Crippen molar-refractivity contribution in [2.24, 2.45) is 0 Å². The predicted molar refractivity (Wildman–Crippen MR) is 145 cm³/mol. The summed E-state index contributed by atoms with van der Waals surface area (Å²) >= 11 is 0. The van der Waals surface area contributed by atoms with Crippen LogP contribution in [0.5, 0.6) is 0 Å². The largest absolute Gasteiger partial charge is 0.464 e. The molecule has 0 unspecified atom stereocenters. The molecule has 38 heavy (non-hydrogen) atoms. The van der Waals surface area contributed by atoms with Crippen molar-refractivity contribution in [1.29, 1.82) is 0 Å². The van der Waals surface area contributed by atoms with Crippen molar-refractivity contribution in [2.45, 2.75) is 20.0 Å². The Morgan fingerprint density at radius 3 is 2.39 bits per heavy atom. The Labute approximate surface area is 219 Å². The number of carbonyl (C=O) groups excluding carboxylic acids is 2. The maximum Gasteiger partial charge on any atom is 0.322 e. The zero-order chi connectivity index (χ0) is 27.1. The summed E-state index contributed by atoms with van der Waals surface area (Å²) in [6.45, 7) is 5.57. The molecular formula is C30H28FN3O4. The summed E-state index contributed by atoms with van der Waals surface area (Å²) in [4.78, 5) is 42.4. The van der Waals surface area contributed by atoms with Crippen molar-refractivity contribution in [2.75, 3.05) is 18.4 Å². The summed E-state index contributed by atoms with van der Waals surface area (Å²) in [5, 5.41) is 3.20. The van der Waals surface area contributed by atoms with Crippen LogP contribution in [0, 0.1) is 12.7 Å². The lowest BCUT2D eigenvalue weighted by molar-refractivity contribution is -0.133. The highest BCUT2D eigenvalue weighted by molar-refractivity contribution is 5.92. The van der Waals surface area contributed by atoms with E-state index in [4.69, 9.17) is 4.42 Å². The van der Waals surface area contributed by atoms with E-state index >= 15 is 0 Å². The molecule has 8 heteroatoms. The molecule has 0 spiro atoms. The maximum absolute atomic E-state index is 13.5. The quantitative estimate of drug-likeness (QED) is 0.300. The number of aryl methyl sites for hydroxylation is 1. The van der Waals surface area contributed by atoms with Gasteiger partial charge in [-0.3, -0.25) is 9.59 Å². The van der Waals surface area contributed by atoms with Crippen LogP contribution in [-0.4, -0.2) is 34.8 Å². The van der Waals surface area contributed by atoms with Crippen LogP contribution in [0.2, 0.25) is 0 Å². The lowest BCUT2D eigenvalue weighted by Crippen LogP contribution is -2.44. The van der Waals surface area contributed by atoms with Crippen molar-refractivity contribution in [3.05, 3.63) is 124 Å². The topological polar surface area (TPSA) is 82.9 Å². The Morgan fingerprint density at radius 2 is 1.68 bits per heavy atom. The number of anilines is 1.